The summed E-state index contributed by atoms with van der Waals surface area (Å²) in [5.41, 5.74) is 1.09. The summed E-state index contributed by atoms with van der Waals surface area (Å²) in [5, 5.41) is 11.5. The predicted molar refractivity (Wildman–Crippen MR) is 73.8 cm³/mol. The molecule has 1 aliphatic rings. The summed E-state index contributed by atoms with van der Waals surface area (Å²) >= 11 is 0. The SMILES string of the molecule is CCN(CCCO)C(=O)c1ccc2c(c1)OCC(=O)N2. The lowest BCUT2D eigenvalue weighted by Crippen LogP contribution is -2.32. The monoisotopic (exact) mass is 278 g/mol. The molecule has 0 aliphatic carbocycles. The summed E-state index contributed by atoms with van der Waals surface area (Å²) in [5.74, 6) is 0.201. The van der Waals surface area contributed by atoms with Gasteiger partial charge in [-0.25, -0.2) is 0 Å². The van der Waals surface area contributed by atoms with E-state index in [0.29, 0.717) is 36.5 Å². The van der Waals surface area contributed by atoms with Gasteiger partial charge in [-0.05, 0) is 31.5 Å². The van der Waals surface area contributed by atoms with Crippen LogP contribution in [0.2, 0.25) is 0 Å². The van der Waals surface area contributed by atoms with Gasteiger partial charge in [0.15, 0.2) is 6.61 Å². The molecule has 0 aromatic heterocycles. The molecule has 1 aliphatic heterocycles. The largest absolute Gasteiger partial charge is 0.482 e. The Kier molecular flexibility index (Phi) is 4.57. The summed E-state index contributed by atoms with van der Waals surface area (Å²) in [6, 6.07) is 4.97. The van der Waals surface area contributed by atoms with Gasteiger partial charge < -0.3 is 20.1 Å². The number of carbonyl (C=O) groups is 2. The smallest absolute Gasteiger partial charge is 0.262 e. The number of anilines is 1. The van der Waals surface area contributed by atoms with Crippen molar-refractivity contribution in [3.8, 4) is 5.75 Å². The van der Waals surface area contributed by atoms with Crippen molar-refractivity contribution < 1.29 is 19.4 Å². The fourth-order valence-electron chi connectivity index (χ4n) is 2.06. The van der Waals surface area contributed by atoms with Crippen molar-refractivity contribution in [3.63, 3.8) is 0 Å². The second-order valence-corrected chi connectivity index (χ2v) is 4.51. The van der Waals surface area contributed by atoms with Crippen LogP contribution in [0.15, 0.2) is 18.2 Å². The van der Waals surface area contributed by atoms with Crippen LogP contribution in [0.4, 0.5) is 5.69 Å². The highest BCUT2D eigenvalue weighted by Gasteiger charge is 2.20. The van der Waals surface area contributed by atoms with Gasteiger partial charge in [0, 0.05) is 25.3 Å². The van der Waals surface area contributed by atoms with Crippen LogP contribution in [-0.2, 0) is 4.79 Å². The van der Waals surface area contributed by atoms with Crippen molar-refractivity contribution >= 4 is 17.5 Å². The first kappa shape index (κ1) is 14.3. The lowest BCUT2D eigenvalue weighted by Gasteiger charge is -2.22. The normalized spacial score (nSPS) is 13.2. The summed E-state index contributed by atoms with van der Waals surface area (Å²) in [7, 11) is 0. The summed E-state index contributed by atoms with van der Waals surface area (Å²) in [6.07, 6.45) is 0.553. The number of hydrogen-bond acceptors (Lipinski definition) is 4. The van der Waals surface area contributed by atoms with Gasteiger partial charge in [0.1, 0.15) is 5.75 Å². The first-order valence-corrected chi connectivity index (χ1v) is 6.62. The third-order valence-corrected chi connectivity index (χ3v) is 3.12. The molecule has 0 atom stereocenters. The van der Waals surface area contributed by atoms with E-state index in [4.69, 9.17) is 9.84 Å². The van der Waals surface area contributed by atoms with E-state index in [0.717, 1.165) is 0 Å². The van der Waals surface area contributed by atoms with Crippen LogP contribution in [0.25, 0.3) is 0 Å². The molecule has 2 rings (SSSR count). The first-order valence-electron chi connectivity index (χ1n) is 6.62. The van der Waals surface area contributed by atoms with Crippen molar-refractivity contribution in [2.75, 3.05) is 31.6 Å². The molecule has 2 N–H and O–H groups in total. The highest BCUT2D eigenvalue weighted by Crippen LogP contribution is 2.28. The maximum Gasteiger partial charge on any atom is 0.262 e. The molecule has 20 heavy (non-hydrogen) atoms. The van der Waals surface area contributed by atoms with E-state index >= 15 is 0 Å². The molecule has 1 aromatic carbocycles. The lowest BCUT2D eigenvalue weighted by atomic mass is 10.1. The maximum absolute atomic E-state index is 12.3. The van der Waals surface area contributed by atoms with E-state index in [2.05, 4.69) is 5.32 Å². The molecule has 0 saturated carbocycles. The Morgan fingerprint density at radius 2 is 2.30 bits per heavy atom. The van der Waals surface area contributed by atoms with Crippen LogP contribution in [0.1, 0.15) is 23.7 Å². The zero-order valence-electron chi connectivity index (χ0n) is 11.4. The molecule has 6 heteroatoms. The number of rotatable bonds is 5. The minimum absolute atomic E-state index is 0.0351. The Bertz CT molecular complexity index is 516. The van der Waals surface area contributed by atoms with E-state index in [1.54, 1.807) is 23.1 Å². The standard InChI is InChI=1S/C14H18N2O4/c1-2-16(6-3-7-17)14(19)10-4-5-11-12(8-10)20-9-13(18)15-11/h4-5,8,17H,2-3,6-7,9H2,1H3,(H,15,18). The molecule has 6 nitrogen and oxygen atoms in total. The second-order valence-electron chi connectivity index (χ2n) is 4.51. The zero-order valence-corrected chi connectivity index (χ0v) is 11.4. The lowest BCUT2D eigenvalue weighted by molar-refractivity contribution is -0.118. The molecule has 0 bridgehead atoms. The number of benzene rings is 1. The summed E-state index contributed by atoms with van der Waals surface area (Å²) in [4.78, 5) is 25.2. The number of fused-ring (bicyclic) bond motifs is 1. The van der Waals surface area contributed by atoms with Gasteiger partial charge in [0.2, 0.25) is 0 Å². The number of aliphatic hydroxyl groups excluding tert-OH is 1. The average molecular weight is 278 g/mol. The predicted octanol–water partition coefficient (Wildman–Crippen LogP) is 0.862. The Hall–Kier alpha value is -2.08. The molecule has 0 spiro atoms. The van der Waals surface area contributed by atoms with Gasteiger partial charge in [-0.1, -0.05) is 0 Å². The van der Waals surface area contributed by atoms with Crippen molar-refractivity contribution in [3.05, 3.63) is 23.8 Å². The third-order valence-electron chi connectivity index (χ3n) is 3.12. The van der Waals surface area contributed by atoms with Gasteiger partial charge in [0.05, 0.1) is 5.69 Å². The molecular formula is C14H18N2O4. The van der Waals surface area contributed by atoms with Crippen LogP contribution in [-0.4, -0.2) is 48.1 Å². The Balaban J connectivity index is 2.16. The molecule has 2 amide bonds. The number of hydrogen-bond donors (Lipinski definition) is 2. The Labute approximate surface area is 117 Å². The topological polar surface area (TPSA) is 78.9 Å². The molecule has 0 unspecified atom stereocenters. The second kappa shape index (κ2) is 6.38. The van der Waals surface area contributed by atoms with Crippen LogP contribution in [0.5, 0.6) is 5.75 Å². The molecule has 0 fully saturated rings. The number of nitrogens with zero attached hydrogens (tertiary/aromatic N) is 1. The quantitative estimate of drug-likeness (QED) is 0.837. The van der Waals surface area contributed by atoms with Gasteiger partial charge in [-0.2, -0.15) is 0 Å². The van der Waals surface area contributed by atoms with Crippen molar-refractivity contribution in [1.29, 1.82) is 0 Å². The van der Waals surface area contributed by atoms with Gasteiger partial charge in [-0.15, -0.1) is 0 Å². The first-order chi connectivity index (χ1) is 9.65. The number of ether oxygens (including phenoxy) is 1. The molecule has 1 heterocycles. The van der Waals surface area contributed by atoms with E-state index < -0.39 is 0 Å². The number of carbonyl (C=O) groups excluding carboxylic acids is 2. The van der Waals surface area contributed by atoms with E-state index in [1.165, 1.54) is 0 Å². The van der Waals surface area contributed by atoms with E-state index in [1.807, 2.05) is 6.92 Å². The summed E-state index contributed by atoms with van der Waals surface area (Å²) < 4.78 is 5.30. The third kappa shape index (κ3) is 3.08. The minimum Gasteiger partial charge on any atom is -0.482 e. The zero-order chi connectivity index (χ0) is 14.5. The van der Waals surface area contributed by atoms with Gasteiger partial charge in [-0.3, -0.25) is 9.59 Å². The minimum atomic E-state index is -0.199. The number of nitrogens with one attached hydrogen (secondary N) is 1. The van der Waals surface area contributed by atoms with Crippen LogP contribution in [0.3, 0.4) is 0 Å². The van der Waals surface area contributed by atoms with Crippen molar-refractivity contribution in [1.82, 2.24) is 4.90 Å². The average Bonchev–Trinajstić information content (AvgIpc) is 2.47. The molecule has 108 valence electrons. The highest BCUT2D eigenvalue weighted by atomic mass is 16.5. The fraction of sp³-hybridized carbons (Fsp3) is 0.429. The molecule has 0 saturated heterocycles. The van der Waals surface area contributed by atoms with E-state index in [9.17, 15) is 9.59 Å². The van der Waals surface area contributed by atoms with Crippen LogP contribution < -0.4 is 10.1 Å². The van der Waals surface area contributed by atoms with Crippen molar-refractivity contribution in [2.45, 2.75) is 13.3 Å². The van der Waals surface area contributed by atoms with Crippen molar-refractivity contribution in [2.24, 2.45) is 0 Å². The Morgan fingerprint density at radius 1 is 1.50 bits per heavy atom. The van der Waals surface area contributed by atoms with E-state index in [-0.39, 0.29) is 25.0 Å². The van der Waals surface area contributed by atoms with Crippen LogP contribution >= 0.6 is 0 Å². The van der Waals surface area contributed by atoms with Crippen LogP contribution in [0, 0.1) is 0 Å². The maximum atomic E-state index is 12.3. The summed E-state index contributed by atoms with van der Waals surface area (Å²) in [6.45, 7) is 3.01. The molecule has 1 aromatic rings. The Morgan fingerprint density at radius 3 is 3.00 bits per heavy atom. The van der Waals surface area contributed by atoms with Gasteiger partial charge in [0.25, 0.3) is 11.8 Å². The molecular weight excluding hydrogens is 260 g/mol. The fourth-order valence-corrected chi connectivity index (χ4v) is 2.06. The van der Waals surface area contributed by atoms with Gasteiger partial charge >= 0.3 is 0 Å². The highest BCUT2D eigenvalue weighted by molar-refractivity contribution is 5.99. The number of amides is 2. The molecule has 0 radical (unpaired) electrons. The number of aliphatic hydroxyl groups is 1.